The average Bonchev–Trinajstić information content (AvgIpc) is 2.51. The summed E-state index contributed by atoms with van der Waals surface area (Å²) in [6.45, 7) is 0.792. The van der Waals surface area contributed by atoms with E-state index in [1.165, 1.54) is 4.90 Å². The van der Waals surface area contributed by atoms with Crippen LogP contribution in [0.4, 0.5) is 0 Å². The molecule has 0 saturated carbocycles. The second-order valence-electron chi connectivity index (χ2n) is 5.43. The maximum atomic E-state index is 11.8. The second-order valence-corrected chi connectivity index (χ2v) is 5.43. The molecule has 1 aromatic carbocycles. The Kier molecular flexibility index (Phi) is 7.34. The number of carbonyl (C=O) groups is 2. The molecule has 0 aromatic heterocycles. The maximum Gasteiger partial charge on any atom is 0.241 e. The zero-order valence-corrected chi connectivity index (χ0v) is 14.4. The van der Waals surface area contributed by atoms with Crippen molar-refractivity contribution in [2.45, 2.75) is 6.54 Å². The number of likely N-dealkylation sites (N-methyl/N-ethyl adjacent to an activating group) is 2. The van der Waals surface area contributed by atoms with E-state index in [9.17, 15) is 9.59 Å². The van der Waals surface area contributed by atoms with Crippen molar-refractivity contribution in [1.29, 1.82) is 0 Å². The topological polar surface area (TPSA) is 71.1 Å². The molecule has 23 heavy (non-hydrogen) atoms. The minimum absolute atomic E-state index is 0.00995. The van der Waals surface area contributed by atoms with Gasteiger partial charge in [-0.1, -0.05) is 6.07 Å². The van der Waals surface area contributed by atoms with Gasteiger partial charge in [0.2, 0.25) is 11.8 Å². The SMILES string of the molecule is COc1ccc(CN(C)CC(=O)NCC(=O)N(C)C)cc1OC. The van der Waals surface area contributed by atoms with Gasteiger partial charge in [0, 0.05) is 20.6 Å². The summed E-state index contributed by atoms with van der Waals surface area (Å²) < 4.78 is 10.5. The van der Waals surface area contributed by atoms with Crippen LogP contribution >= 0.6 is 0 Å². The second kappa shape index (κ2) is 8.99. The predicted octanol–water partition coefficient (Wildman–Crippen LogP) is 0.340. The Morgan fingerprint density at radius 2 is 1.74 bits per heavy atom. The van der Waals surface area contributed by atoms with Crippen LogP contribution in [-0.4, -0.2) is 70.1 Å². The smallest absolute Gasteiger partial charge is 0.241 e. The highest BCUT2D eigenvalue weighted by Crippen LogP contribution is 2.27. The summed E-state index contributed by atoms with van der Waals surface area (Å²) >= 11 is 0. The summed E-state index contributed by atoms with van der Waals surface area (Å²) in [7, 11) is 8.31. The van der Waals surface area contributed by atoms with E-state index in [2.05, 4.69) is 5.32 Å². The van der Waals surface area contributed by atoms with Gasteiger partial charge in [-0.05, 0) is 24.7 Å². The Morgan fingerprint density at radius 3 is 2.30 bits per heavy atom. The number of rotatable bonds is 8. The van der Waals surface area contributed by atoms with Crippen LogP contribution in [0.5, 0.6) is 11.5 Å². The first kappa shape index (κ1) is 18.8. The molecule has 0 unspecified atom stereocenters. The van der Waals surface area contributed by atoms with E-state index >= 15 is 0 Å². The number of ether oxygens (including phenoxy) is 2. The van der Waals surface area contributed by atoms with E-state index in [0.29, 0.717) is 18.0 Å². The largest absolute Gasteiger partial charge is 0.493 e. The van der Waals surface area contributed by atoms with E-state index < -0.39 is 0 Å². The monoisotopic (exact) mass is 323 g/mol. The van der Waals surface area contributed by atoms with Gasteiger partial charge in [0.1, 0.15) is 0 Å². The molecule has 0 atom stereocenters. The van der Waals surface area contributed by atoms with Crippen molar-refractivity contribution in [2.24, 2.45) is 0 Å². The van der Waals surface area contributed by atoms with Crippen LogP contribution in [0.2, 0.25) is 0 Å². The third kappa shape index (κ3) is 6.15. The highest BCUT2D eigenvalue weighted by Gasteiger charge is 2.11. The first-order valence-corrected chi connectivity index (χ1v) is 7.23. The molecule has 2 amide bonds. The lowest BCUT2D eigenvalue weighted by Gasteiger charge is -2.18. The van der Waals surface area contributed by atoms with Gasteiger partial charge in [0.05, 0.1) is 27.3 Å². The number of nitrogens with one attached hydrogen (secondary N) is 1. The first-order valence-electron chi connectivity index (χ1n) is 7.23. The Balaban J connectivity index is 2.51. The van der Waals surface area contributed by atoms with Crippen molar-refractivity contribution < 1.29 is 19.1 Å². The van der Waals surface area contributed by atoms with Crippen LogP contribution < -0.4 is 14.8 Å². The van der Waals surface area contributed by atoms with Crippen molar-refractivity contribution in [2.75, 3.05) is 48.5 Å². The summed E-state index contributed by atoms with van der Waals surface area (Å²) in [5.74, 6) is 0.988. The molecule has 7 heteroatoms. The summed E-state index contributed by atoms with van der Waals surface area (Å²) in [4.78, 5) is 26.5. The van der Waals surface area contributed by atoms with Crippen LogP contribution in [-0.2, 0) is 16.1 Å². The fourth-order valence-corrected chi connectivity index (χ4v) is 1.98. The summed E-state index contributed by atoms with van der Waals surface area (Å²) in [5.41, 5.74) is 1.00. The Morgan fingerprint density at radius 1 is 1.09 bits per heavy atom. The molecule has 1 rings (SSSR count). The van der Waals surface area contributed by atoms with Crippen LogP contribution in [0.3, 0.4) is 0 Å². The van der Waals surface area contributed by atoms with Gasteiger partial charge in [-0.3, -0.25) is 14.5 Å². The molecule has 0 fully saturated rings. The fraction of sp³-hybridized carbons (Fsp3) is 0.500. The molecule has 1 N–H and O–H groups in total. The molecule has 0 spiro atoms. The summed E-state index contributed by atoms with van der Waals surface area (Å²) in [6.07, 6.45) is 0. The molecule has 0 radical (unpaired) electrons. The van der Waals surface area contributed by atoms with Gasteiger partial charge in [-0.2, -0.15) is 0 Å². The molecule has 0 bridgehead atoms. The Labute approximate surface area is 137 Å². The lowest BCUT2D eigenvalue weighted by molar-refractivity contribution is -0.131. The summed E-state index contributed by atoms with van der Waals surface area (Å²) in [5, 5.41) is 2.60. The lowest BCUT2D eigenvalue weighted by atomic mass is 10.2. The van der Waals surface area contributed by atoms with Gasteiger partial charge in [-0.15, -0.1) is 0 Å². The minimum atomic E-state index is -0.192. The molecule has 0 aliphatic carbocycles. The van der Waals surface area contributed by atoms with Crippen LogP contribution in [0.1, 0.15) is 5.56 Å². The number of amides is 2. The van der Waals surface area contributed by atoms with Crippen molar-refractivity contribution in [3.8, 4) is 11.5 Å². The van der Waals surface area contributed by atoms with Crippen LogP contribution in [0.25, 0.3) is 0 Å². The number of benzene rings is 1. The molecule has 128 valence electrons. The molecule has 0 aliphatic heterocycles. The average molecular weight is 323 g/mol. The number of nitrogens with zero attached hydrogens (tertiary/aromatic N) is 2. The van der Waals surface area contributed by atoms with E-state index in [1.54, 1.807) is 28.3 Å². The zero-order valence-electron chi connectivity index (χ0n) is 14.4. The highest BCUT2D eigenvalue weighted by atomic mass is 16.5. The van der Waals surface area contributed by atoms with Crippen molar-refractivity contribution in [3.63, 3.8) is 0 Å². The number of methoxy groups -OCH3 is 2. The molecule has 1 aromatic rings. The minimum Gasteiger partial charge on any atom is -0.493 e. The van der Waals surface area contributed by atoms with Crippen LogP contribution in [0, 0.1) is 0 Å². The molecule has 0 aliphatic rings. The predicted molar refractivity (Wildman–Crippen MR) is 87.6 cm³/mol. The van der Waals surface area contributed by atoms with Gasteiger partial charge in [0.15, 0.2) is 11.5 Å². The highest BCUT2D eigenvalue weighted by molar-refractivity contribution is 5.85. The molecular weight excluding hydrogens is 298 g/mol. The van der Waals surface area contributed by atoms with E-state index in [1.807, 2.05) is 30.1 Å². The summed E-state index contributed by atoms with van der Waals surface area (Å²) in [6, 6.07) is 5.63. The quantitative estimate of drug-likeness (QED) is 0.747. The van der Waals surface area contributed by atoms with E-state index in [0.717, 1.165) is 5.56 Å². The normalized spacial score (nSPS) is 10.3. The molecular formula is C16H25N3O4. The number of hydrogen-bond donors (Lipinski definition) is 1. The lowest BCUT2D eigenvalue weighted by Crippen LogP contribution is -2.40. The number of carbonyl (C=O) groups excluding carboxylic acids is 2. The van der Waals surface area contributed by atoms with Crippen molar-refractivity contribution in [3.05, 3.63) is 23.8 Å². The van der Waals surface area contributed by atoms with Gasteiger partial charge < -0.3 is 19.7 Å². The molecule has 0 heterocycles. The van der Waals surface area contributed by atoms with Gasteiger partial charge in [-0.25, -0.2) is 0 Å². The molecule has 7 nitrogen and oxygen atoms in total. The van der Waals surface area contributed by atoms with E-state index in [4.69, 9.17) is 9.47 Å². The zero-order chi connectivity index (χ0) is 17.4. The Bertz CT molecular complexity index is 546. The third-order valence-electron chi connectivity index (χ3n) is 3.25. The number of hydrogen-bond acceptors (Lipinski definition) is 5. The molecule has 0 saturated heterocycles. The first-order chi connectivity index (χ1) is 10.9. The van der Waals surface area contributed by atoms with E-state index in [-0.39, 0.29) is 24.9 Å². The van der Waals surface area contributed by atoms with Gasteiger partial charge in [0.25, 0.3) is 0 Å². The van der Waals surface area contributed by atoms with Crippen LogP contribution in [0.15, 0.2) is 18.2 Å². The maximum absolute atomic E-state index is 11.8. The Hall–Kier alpha value is -2.28. The van der Waals surface area contributed by atoms with Crippen molar-refractivity contribution >= 4 is 11.8 Å². The fourth-order valence-electron chi connectivity index (χ4n) is 1.98. The standard InChI is InChI=1S/C16H25N3O4/c1-18(2)16(21)9-17-15(20)11-19(3)10-12-6-7-13(22-4)14(8-12)23-5/h6-8H,9-11H2,1-5H3,(H,17,20). The van der Waals surface area contributed by atoms with Crippen molar-refractivity contribution in [1.82, 2.24) is 15.1 Å². The van der Waals surface area contributed by atoms with Gasteiger partial charge >= 0.3 is 0 Å². The third-order valence-corrected chi connectivity index (χ3v) is 3.25.